The van der Waals surface area contributed by atoms with Crippen LogP contribution in [-0.4, -0.2) is 23.4 Å². The summed E-state index contributed by atoms with van der Waals surface area (Å²) in [5, 5.41) is 8.80. The highest BCUT2D eigenvalue weighted by molar-refractivity contribution is 6.30. The van der Waals surface area contributed by atoms with Crippen molar-refractivity contribution in [2.45, 2.75) is 19.3 Å². The molecule has 3 aromatic rings. The summed E-state index contributed by atoms with van der Waals surface area (Å²) in [6, 6.07) is 12.1. The van der Waals surface area contributed by atoms with Crippen LogP contribution in [-0.2, 0) is 6.42 Å². The lowest BCUT2D eigenvalue weighted by atomic mass is 10.0. The van der Waals surface area contributed by atoms with Gasteiger partial charge in [-0.25, -0.2) is 9.07 Å². The van der Waals surface area contributed by atoms with Gasteiger partial charge in [0.1, 0.15) is 28.8 Å². The topological polar surface area (TPSA) is 39.1 Å². The number of aromatic nitrogens is 2. The predicted octanol–water partition coefficient (Wildman–Crippen LogP) is 5.09. The smallest absolute Gasteiger partial charge is 0.144 e. The molecule has 2 aromatic carbocycles. The maximum Gasteiger partial charge on any atom is 0.144 e. The Morgan fingerprint density at radius 3 is 2.85 bits per heavy atom. The number of hydrogen-bond acceptors (Lipinski definition) is 3. The van der Waals surface area contributed by atoms with Gasteiger partial charge in [0.2, 0.25) is 0 Å². The third-order valence-corrected chi connectivity index (χ3v) is 4.86. The van der Waals surface area contributed by atoms with Crippen molar-refractivity contribution in [3.63, 3.8) is 0 Å². The van der Waals surface area contributed by atoms with Gasteiger partial charge >= 0.3 is 0 Å². The number of nitrogens with zero attached hydrogens (tertiary/aromatic N) is 2. The molecule has 4 rings (SSSR count). The highest BCUT2D eigenvalue weighted by atomic mass is 35.5. The van der Waals surface area contributed by atoms with Crippen LogP contribution < -0.4 is 10.1 Å². The molecule has 0 bridgehead atoms. The number of methoxy groups -OCH3 is 1. The molecule has 0 fully saturated rings. The van der Waals surface area contributed by atoms with E-state index in [1.165, 1.54) is 6.07 Å². The Labute approximate surface area is 156 Å². The van der Waals surface area contributed by atoms with Crippen molar-refractivity contribution in [1.82, 2.24) is 9.78 Å². The monoisotopic (exact) mass is 371 g/mol. The van der Waals surface area contributed by atoms with Crippen LogP contribution in [0.15, 0.2) is 42.5 Å². The van der Waals surface area contributed by atoms with Gasteiger partial charge in [-0.3, -0.25) is 0 Å². The summed E-state index contributed by atoms with van der Waals surface area (Å²) in [6.45, 7) is 0.846. The molecule has 0 saturated heterocycles. The van der Waals surface area contributed by atoms with Crippen molar-refractivity contribution in [3.05, 3.63) is 58.9 Å². The number of nitrogens with one attached hydrogen (secondary N) is 1. The molecule has 0 spiro atoms. The summed E-state index contributed by atoms with van der Waals surface area (Å²) in [6.07, 6.45) is 2.92. The fraction of sp³-hybridized carbons (Fsp3) is 0.250. The maximum atomic E-state index is 14.5. The molecule has 0 saturated carbocycles. The van der Waals surface area contributed by atoms with Crippen LogP contribution >= 0.6 is 11.6 Å². The van der Waals surface area contributed by atoms with Crippen molar-refractivity contribution >= 4 is 17.4 Å². The lowest BCUT2D eigenvalue weighted by Gasteiger charge is -2.13. The Morgan fingerprint density at radius 2 is 2.04 bits per heavy atom. The van der Waals surface area contributed by atoms with Gasteiger partial charge in [0, 0.05) is 22.7 Å². The number of halogens is 2. The number of rotatable bonds is 3. The largest absolute Gasteiger partial charge is 0.494 e. The van der Waals surface area contributed by atoms with E-state index in [0.29, 0.717) is 22.0 Å². The van der Waals surface area contributed by atoms with E-state index >= 15 is 0 Å². The quantitative estimate of drug-likeness (QED) is 0.697. The second-order valence-corrected chi connectivity index (χ2v) is 6.70. The van der Waals surface area contributed by atoms with Crippen molar-refractivity contribution in [2.24, 2.45) is 0 Å². The molecule has 4 nitrogen and oxygen atoms in total. The summed E-state index contributed by atoms with van der Waals surface area (Å²) < 4.78 is 21.7. The lowest BCUT2D eigenvalue weighted by molar-refractivity contribution is 0.412. The summed E-state index contributed by atoms with van der Waals surface area (Å²) in [5.74, 6) is 1.26. The minimum atomic E-state index is -0.276. The van der Waals surface area contributed by atoms with E-state index in [1.807, 2.05) is 18.2 Å². The van der Waals surface area contributed by atoms with Gasteiger partial charge < -0.3 is 10.1 Å². The maximum absolute atomic E-state index is 14.5. The minimum absolute atomic E-state index is 0.276. The fourth-order valence-corrected chi connectivity index (χ4v) is 3.54. The van der Waals surface area contributed by atoms with Crippen LogP contribution in [0, 0.1) is 5.82 Å². The zero-order chi connectivity index (χ0) is 18.1. The van der Waals surface area contributed by atoms with Gasteiger partial charge in [-0.2, -0.15) is 5.10 Å². The molecule has 1 aromatic heterocycles. The fourth-order valence-electron chi connectivity index (χ4n) is 3.37. The molecule has 1 N–H and O–H groups in total. The van der Waals surface area contributed by atoms with E-state index in [1.54, 1.807) is 30.0 Å². The van der Waals surface area contributed by atoms with Gasteiger partial charge in [-0.1, -0.05) is 23.7 Å². The highest BCUT2D eigenvalue weighted by Gasteiger charge is 2.24. The molecular formula is C20H19ClFN3O. The van der Waals surface area contributed by atoms with Crippen molar-refractivity contribution in [1.29, 1.82) is 0 Å². The normalized spacial score (nSPS) is 13.7. The average molecular weight is 372 g/mol. The van der Waals surface area contributed by atoms with E-state index in [2.05, 4.69) is 5.32 Å². The van der Waals surface area contributed by atoms with E-state index < -0.39 is 0 Å². The zero-order valence-corrected chi connectivity index (χ0v) is 15.2. The zero-order valence-electron chi connectivity index (χ0n) is 14.4. The molecular weight excluding hydrogens is 353 g/mol. The number of benzene rings is 2. The van der Waals surface area contributed by atoms with Crippen molar-refractivity contribution < 1.29 is 9.13 Å². The summed E-state index contributed by atoms with van der Waals surface area (Å²) in [4.78, 5) is 0. The number of ether oxygens (including phenoxy) is 1. The molecule has 0 amide bonds. The predicted molar refractivity (Wildman–Crippen MR) is 102 cm³/mol. The number of anilines is 1. The van der Waals surface area contributed by atoms with Crippen molar-refractivity contribution in [2.75, 3.05) is 19.0 Å². The highest BCUT2D eigenvalue weighted by Crippen LogP contribution is 2.37. The molecule has 0 radical (unpaired) electrons. The summed E-state index contributed by atoms with van der Waals surface area (Å²) in [5.41, 5.74) is 2.92. The molecule has 1 aliphatic heterocycles. The molecule has 2 heterocycles. The minimum Gasteiger partial charge on any atom is -0.494 e. The summed E-state index contributed by atoms with van der Waals surface area (Å²) in [7, 11) is 1.61. The van der Waals surface area contributed by atoms with Crippen LogP contribution in [0.25, 0.3) is 16.9 Å². The molecule has 1 aliphatic rings. The van der Waals surface area contributed by atoms with Crippen LogP contribution in [0.2, 0.25) is 5.02 Å². The van der Waals surface area contributed by atoms with Gasteiger partial charge in [0.05, 0.1) is 7.11 Å². The third-order valence-electron chi connectivity index (χ3n) is 4.63. The number of fused-ring (bicyclic) bond motifs is 1. The molecule has 0 atom stereocenters. The SMILES string of the molecule is COc1ccc(Cl)cc1-n1nc(-c2ccccc2F)c2c1NCCCC2. The molecule has 0 unspecified atom stereocenters. The third kappa shape index (κ3) is 2.92. The molecule has 6 heteroatoms. The second kappa shape index (κ2) is 7.00. The Kier molecular flexibility index (Phi) is 4.55. The first-order chi connectivity index (χ1) is 12.7. The van der Waals surface area contributed by atoms with Gasteiger partial charge in [-0.05, 0) is 49.6 Å². The lowest BCUT2D eigenvalue weighted by Crippen LogP contribution is -2.08. The van der Waals surface area contributed by atoms with E-state index in [-0.39, 0.29) is 5.82 Å². The van der Waals surface area contributed by atoms with E-state index in [9.17, 15) is 4.39 Å². The average Bonchev–Trinajstić information content (AvgIpc) is 2.83. The van der Waals surface area contributed by atoms with E-state index in [0.717, 1.165) is 42.9 Å². The van der Waals surface area contributed by atoms with E-state index in [4.69, 9.17) is 21.4 Å². The standard InChI is InChI=1S/C20H19ClFN3O/c1-26-18-10-9-13(21)12-17(18)25-20-15(7-4-5-11-23-20)19(24-25)14-6-2-3-8-16(14)22/h2-3,6,8-10,12,23H,4-5,7,11H2,1H3. The summed E-state index contributed by atoms with van der Waals surface area (Å²) >= 11 is 6.21. The van der Waals surface area contributed by atoms with Crippen LogP contribution in [0.4, 0.5) is 10.2 Å². The number of hydrogen-bond donors (Lipinski definition) is 1. The first-order valence-electron chi connectivity index (χ1n) is 8.63. The molecule has 26 heavy (non-hydrogen) atoms. The second-order valence-electron chi connectivity index (χ2n) is 6.27. The van der Waals surface area contributed by atoms with Gasteiger partial charge in [0.15, 0.2) is 0 Å². The first-order valence-corrected chi connectivity index (χ1v) is 9.01. The first kappa shape index (κ1) is 16.9. The van der Waals surface area contributed by atoms with Gasteiger partial charge in [-0.15, -0.1) is 0 Å². The van der Waals surface area contributed by atoms with Crippen LogP contribution in [0.5, 0.6) is 5.75 Å². The van der Waals surface area contributed by atoms with Crippen LogP contribution in [0.3, 0.4) is 0 Å². The van der Waals surface area contributed by atoms with Crippen LogP contribution in [0.1, 0.15) is 18.4 Å². The molecule has 134 valence electrons. The Bertz CT molecular complexity index is 954. The van der Waals surface area contributed by atoms with Gasteiger partial charge in [0.25, 0.3) is 0 Å². The Morgan fingerprint density at radius 1 is 1.19 bits per heavy atom. The van der Waals surface area contributed by atoms with Crippen molar-refractivity contribution in [3.8, 4) is 22.7 Å². The molecule has 0 aliphatic carbocycles. The Balaban J connectivity index is 1.97. The Hall–Kier alpha value is -2.53.